The van der Waals surface area contributed by atoms with Crippen LogP contribution in [-0.4, -0.2) is 42.1 Å². The van der Waals surface area contributed by atoms with E-state index >= 15 is 0 Å². The molecule has 1 aromatic rings. The number of hydrogen-bond donors (Lipinski definition) is 1. The van der Waals surface area contributed by atoms with E-state index in [0.29, 0.717) is 18.7 Å². The van der Waals surface area contributed by atoms with Gasteiger partial charge in [-0.3, -0.25) is 9.59 Å². The number of amides is 1. The van der Waals surface area contributed by atoms with Gasteiger partial charge in [-0.2, -0.15) is 0 Å². The summed E-state index contributed by atoms with van der Waals surface area (Å²) in [4.78, 5) is 24.1. The molecule has 0 spiro atoms. The first-order valence-electron chi connectivity index (χ1n) is 6.81. The minimum absolute atomic E-state index is 0.290. The number of carbonyl (C=O) groups excluding carboxylic acids is 1. The van der Waals surface area contributed by atoms with E-state index in [1.165, 1.54) is 11.0 Å². The molecule has 0 aliphatic rings. The zero-order valence-corrected chi connectivity index (χ0v) is 12.6. The van der Waals surface area contributed by atoms with E-state index in [9.17, 15) is 9.59 Å². The molecule has 1 amide bonds. The molecule has 0 saturated carbocycles. The number of carboxylic acids is 1. The van der Waals surface area contributed by atoms with Gasteiger partial charge in [-0.1, -0.05) is 18.6 Å². The highest BCUT2D eigenvalue weighted by Gasteiger charge is 2.13. The van der Waals surface area contributed by atoms with Crippen LogP contribution in [0.2, 0.25) is 0 Å². The average Bonchev–Trinajstić information content (AvgIpc) is 2.44. The first-order chi connectivity index (χ1) is 9.97. The normalized spacial score (nSPS) is 10.6. The summed E-state index contributed by atoms with van der Waals surface area (Å²) in [7, 11) is 1.57. The van der Waals surface area contributed by atoms with Crippen molar-refractivity contribution >= 4 is 18.0 Å². The van der Waals surface area contributed by atoms with Crippen LogP contribution in [0.3, 0.4) is 0 Å². The average molecular weight is 291 g/mol. The highest BCUT2D eigenvalue weighted by Crippen LogP contribution is 2.21. The number of aryl methyl sites for hydroxylation is 1. The van der Waals surface area contributed by atoms with Crippen molar-refractivity contribution in [3.05, 3.63) is 35.4 Å². The summed E-state index contributed by atoms with van der Waals surface area (Å²) in [6.45, 7) is 3.98. The van der Waals surface area contributed by atoms with Crippen LogP contribution in [0.25, 0.3) is 6.08 Å². The Kier molecular flexibility index (Phi) is 6.46. The van der Waals surface area contributed by atoms with Gasteiger partial charge in [0.2, 0.25) is 5.91 Å². The molecule has 21 heavy (non-hydrogen) atoms. The molecule has 0 aromatic heterocycles. The Morgan fingerprint density at radius 3 is 2.67 bits per heavy atom. The fourth-order valence-corrected chi connectivity index (χ4v) is 1.95. The molecule has 1 aromatic carbocycles. The summed E-state index contributed by atoms with van der Waals surface area (Å²) < 4.78 is 5.23. The highest BCUT2D eigenvalue weighted by atomic mass is 16.5. The molecular formula is C16H21NO4. The summed E-state index contributed by atoms with van der Waals surface area (Å²) in [5.74, 6) is -0.661. The maximum atomic E-state index is 12.1. The summed E-state index contributed by atoms with van der Waals surface area (Å²) >= 11 is 0. The van der Waals surface area contributed by atoms with Gasteiger partial charge < -0.3 is 14.7 Å². The zero-order chi connectivity index (χ0) is 15.8. The van der Waals surface area contributed by atoms with E-state index in [0.717, 1.165) is 11.1 Å². The minimum Gasteiger partial charge on any atom is -0.496 e. The predicted molar refractivity (Wildman–Crippen MR) is 81.3 cm³/mol. The molecule has 5 nitrogen and oxygen atoms in total. The summed E-state index contributed by atoms with van der Waals surface area (Å²) in [5.41, 5.74) is 1.84. The maximum absolute atomic E-state index is 12.1. The van der Waals surface area contributed by atoms with Gasteiger partial charge in [0.25, 0.3) is 0 Å². The number of rotatable bonds is 7. The van der Waals surface area contributed by atoms with Gasteiger partial charge in [-0.15, -0.1) is 0 Å². The van der Waals surface area contributed by atoms with Crippen molar-refractivity contribution in [3.63, 3.8) is 0 Å². The van der Waals surface area contributed by atoms with Crippen LogP contribution in [0.1, 0.15) is 24.5 Å². The fourth-order valence-electron chi connectivity index (χ4n) is 1.95. The van der Waals surface area contributed by atoms with Crippen LogP contribution >= 0.6 is 0 Å². The van der Waals surface area contributed by atoms with Crippen molar-refractivity contribution in [2.45, 2.75) is 20.3 Å². The van der Waals surface area contributed by atoms with E-state index in [1.807, 2.05) is 32.0 Å². The summed E-state index contributed by atoms with van der Waals surface area (Å²) in [6.07, 6.45) is 3.75. The van der Waals surface area contributed by atoms with Gasteiger partial charge in [0.05, 0.1) is 7.11 Å². The first kappa shape index (κ1) is 16.8. The largest absolute Gasteiger partial charge is 0.496 e. The van der Waals surface area contributed by atoms with E-state index < -0.39 is 5.97 Å². The van der Waals surface area contributed by atoms with Gasteiger partial charge in [0.15, 0.2) is 0 Å². The van der Waals surface area contributed by atoms with Crippen LogP contribution < -0.4 is 4.74 Å². The maximum Gasteiger partial charge on any atom is 0.323 e. The third-order valence-corrected chi connectivity index (χ3v) is 2.92. The van der Waals surface area contributed by atoms with Crippen LogP contribution in [0.4, 0.5) is 0 Å². The van der Waals surface area contributed by atoms with E-state index in [-0.39, 0.29) is 12.5 Å². The number of ether oxygens (including phenoxy) is 1. The number of methoxy groups -OCH3 is 1. The van der Waals surface area contributed by atoms with Crippen molar-refractivity contribution in [1.29, 1.82) is 0 Å². The molecule has 0 radical (unpaired) electrons. The van der Waals surface area contributed by atoms with Crippen LogP contribution in [0.15, 0.2) is 24.3 Å². The molecule has 0 aliphatic heterocycles. The first-order valence-corrected chi connectivity index (χ1v) is 6.81. The number of benzene rings is 1. The van der Waals surface area contributed by atoms with E-state index in [2.05, 4.69) is 0 Å². The Labute approximate surface area is 124 Å². The zero-order valence-electron chi connectivity index (χ0n) is 12.6. The number of carbonyl (C=O) groups is 2. The van der Waals surface area contributed by atoms with Gasteiger partial charge in [-0.25, -0.2) is 0 Å². The van der Waals surface area contributed by atoms with Crippen LogP contribution in [-0.2, 0) is 9.59 Å². The fraction of sp³-hybridized carbons (Fsp3) is 0.375. The lowest BCUT2D eigenvalue weighted by Crippen LogP contribution is -2.35. The Hall–Kier alpha value is -2.30. The smallest absolute Gasteiger partial charge is 0.323 e. The Morgan fingerprint density at radius 1 is 1.38 bits per heavy atom. The number of carboxylic acid groups (broad SMARTS) is 1. The van der Waals surface area contributed by atoms with Crippen molar-refractivity contribution in [1.82, 2.24) is 4.90 Å². The molecule has 0 aliphatic carbocycles. The highest BCUT2D eigenvalue weighted by molar-refractivity contribution is 5.93. The van der Waals surface area contributed by atoms with Gasteiger partial charge in [0.1, 0.15) is 12.3 Å². The Balaban J connectivity index is 2.89. The van der Waals surface area contributed by atoms with E-state index in [1.54, 1.807) is 13.2 Å². The number of hydrogen-bond acceptors (Lipinski definition) is 3. The standard InChI is InChI=1S/C16H21NO4/c1-4-9-17(11-16(19)20)15(18)8-6-13-10-12(2)5-7-14(13)21-3/h5-8,10H,4,9,11H2,1-3H3,(H,19,20)/b8-6+. The third kappa shape index (κ3) is 5.30. The number of aliphatic carboxylic acids is 1. The lowest BCUT2D eigenvalue weighted by molar-refractivity contribution is -0.142. The minimum atomic E-state index is -1.02. The summed E-state index contributed by atoms with van der Waals surface area (Å²) in [5, 5.41) is 8.83. The molecule has 114 valence electrons. The second-order valence-electron chi connectivity index (χ2n) is 4.73. The van der Waals surface area contributed by atoms with Crippen molar-refractivity contribution in [2.24, 2.45) is 0 Å². The quantitative estimate of drug-likeness (QED) is 0.783. The molecule has 5 heteroatoms. The molecule has 1 N–H and O–H groups in total. The van der Waals surface area contributed by atoms with Crippen molar-refractivity contribution in [3.8, 4) is 5.75 Å². The second-order valence-corrected chi connectivity index (χ2v) is 4.73. The molecule has 0 unspecified atom stereocenters. The Bertz CT molecular complexity index is 537. The Morgan fingerprint density at radius 2 is 2.10 bits per heavy atom. The SMILES string of the molecule is CCCN(CC(=O)O)C(=O)/C=C/c1cc(C)ccc1OC. The van der Waals surface area contributed by atoms with Crippen molar-refractivity contribution < 1.29 is 19.4 Å². The molecule has 0 atom stereocenters. The predicted octanol–water partition coefficient (Wildman–Crippen LogP) is 2.34. The van der Waals surface area contributed by atoms with Crippen molar-refractivity contribution in [2.75, 3.05) is 20.2 Å². The lowest BCUT2D eigenvalue weighted by Gasteiger charge is -2.17. The molecule has 0 fully saturated rings. The lowest BCUT2D eigenvalue weighted by atomic mass is 10.1. The topological polar surface area (TPSA) is 66.8 Å². The van der Waals surface area contributed by atoms with Gasteiger partial charge >= 0.3 is 5.97 Å². The summed E-state index contributed by atoms with van der Waals surface area (Å²) in [6, 6.07) is 5.66. The molecule has 0 bridgehead atoms. The monoisotopic (exact) mass is 291 g/mol. The van der Waals surface area contributed by atoms with Gasteiger partial charge in [-0.05, 0) is 31.6 Å². The molecule has 0 saturated heterocycles. The molecule has 1 rings (SSSR count). The molecule has 0 heterocycles. The second kappa shape index (κ2) is 8.09. The third-order valence-electron chi connectivity index (χ3n) is 2.92. The van der Waals surface area contributed by atoms with Crippen LogP contribution in [0.5, 0.6) is 5.75 Å². The van der Waals surface area contributed by atoms with Gasteiger partial charge in [0, 0.05) is 18.2 Å². The molecular weight excluding hydrogens is 270 g/mol. The van der Waals surface area contributed by atoms with E-state index in [4.69, 9.17) is 9.84 Å². The number of nitrogens with zero attached hydrogens (tertiary/aromatic N) is 1. The van der Waals surface area contributed by atoms with Crippen LogP contribution in [0, 0.1) is 6.92 Å².